The first-order valence-electron chi connectivity index (χ1n) is 5.96. The van der Waals surface area contributed by atoms with Crippen LogP contribution in [-0.2, 0) is 0 Å². The standard InChI is InChI=1S/C13H14BrN5O/c1-7-4-8(2)18-13(17-7)19-12(20)10-5-9(14)6-16-11(10)15-3/h4-6H,1-3H3,(H,15,16)(H,17,18,19,20). The molecule has 6 nitrogen and oxygen atoms in total. The number of aryl methyl sites for hydroxylation is 2. The zero-order chi connectivity index (χ0) is 14.7. The molecule has 0 saturated heterocycles. The monoisotopic (exact) mass is 335 g/mol. The summed E-state index contributed by atoms with van der Waals surface area (Å²) < 4.78 is 0.725. The van der Waals surface area contributed by atoms with Gasteiger partial charge in [0.25, 0.3) is 5.91 Å². The second-order valence-corrected chi connectivity index (χ2v) is 5.14. The average Bonchev–Trinajstić information content (AvgIpc) is 2.37. The normalized spacial score (nSPS) is 10.2. The zero-order valence-corrected chi connectivity index (χ0v) is 12.9. The molecule has 1 amide bonds. The second kappa shape index (κ2) is 5.96. The summed E-state index contributed by atoms with van der Waals surface area (Å²) in [5.41, 5.74) is 2.02. The molecule has 0 aliphatic heterocycles. The van der Waals surface area contributed by atoms with Crippen molar-refractivity contribution in [3.8, 4) is 0 Å². The van der Waals surface area contributed by atoms with Crippen LogP contribution in [0, 0.1) is 13.8 Å². The molecule has 2 aromatic heterocycles. The Hall–Kier alpha value is -2.02. The average molecular weight is 336 g/mol. The summed E-state index contributed by atoms with van der Waals surface area (Å²) in [7, 11) is 1.71. The molecule has 2 rings (SSSR count). The number of pyridine rings is 1. The molecular weight excluding hydrogens is 322 g/mol. The van der Waals surface area contributed by atoms with Crippen molar-refractivity contribution < 1.29 is 4.79 Å². The first-order chi connectivity index (χ1) is 9.49. The van der Waals surface area contributed by atoms with Crippen molar-refractivity contribution in [2.75, 3.05) is 17.7 Å². The quantitative estimate of drug-likeness (QED) is 0.900. The summed E-state index contributed by atoms with van der Waals surface area (Å²) in [6.07, 6.45) is 1.62. The van der Waals surface area contributed by atoms with Crippen molar-refractivity contribution in [1.29, 1.82) is 0 Å². The van der Waals surface area contributed by atoms with Crippen molar-refractivity contribution in [3.63, 3.8) is 0 Å². The fourth-order valence-electron chi connectivity index (χ4n) is 1.76. The van der Waals surface area contributed by atoms with Gasteiger partial charge in [0.2, 0.25) is 5.95 Å². The predicted octanol–water partition coefficient (Wildman–Crippen LogP) is 2.54. The fraction of sp³-hybridized carbons (Fsp3) is 0.231. The van der Waals surface area contributed by atoms with E-state index >= 15 is 0 Å². The van der Waals surface area contributed by atoms with Crippen molar-refractivity contribution in [2.24, 2.45) is 0 Å². The highest BCUT2D eigenvalue weighted by molar-refractivity contribution is 9.10. The van der Waals surface area contributed by atoms with Crippen molar-refractivity contribution in [1.82, 2.24) is 15.0 Å². The number of aromatic nitrogens is 3. The van der Waals surface area contributed by atoms with Crippen LogP contribution in [0.15, 0.2) is 22.8 Å². The molecule has 2 heterocycles. The van der Waals surface area contributed by atoms with Gasteiger partial charge in [-0.1, -0.05) is 0 Å². The Balaban J connectivity index is 2.30. The Morgan fingerprint density at radius 3 is 2.45 bits per heavy atom. The molecule has 2 aromatic rings. The van der Waals surface area contributed by atoms with Gasteiger partial charge in [-0.25, -0.2) is 15.0 Å². The molecule has 0 atom stereocenters. The Kier molecular flexibility index (Phi) is 4.29. The Morgan fingerprint density at radius 1 is 1.20 bits per heavy atom. The number of hydrogen-bond donors (Lipinski definition) is 2. The van der Waals surface area contributed by atoms with Gasteiger partial charge in [-0.05, 0) is 41.9 Å². The number of anilines is 2. The molecule has 0 aromatic carbocycles. The predicted molar refractivity (Wildman–Crippen MR) is 80.9 cm³/mol. The number of nitrogens with zero attached hydrogens (tertiary/aromatic N) is 3. The summed E-state index contributed by atoms with van der Waals surface area (Å²) >= 11 is 3.30. The third-order valence-electron chi connectivity index (χ3n) is 2.54. The maximum absolute atomic E-state index is 12.3. The smallest absolute Gasteiger partial charge is 0.261 e. The van der Waals surface area contributed by atoms with Crippen molar-refractivity contribution >= 4 is 33.6 Å². The topological polar surface area (TPSA) is 79.8 Å². The maximum atomic E-state index is 12.3. The molecular formula is C13H14BrN5O. The lowest BCUT2D eigenvalue weighted by molar-refractivity contribution is 0.102. The fourth-order valence-corrected chi connectivity index (χ4v) is 2.09. The van der Waals surface area contributed by atoms with E-state index in [4.69, 9.17) is 0 Å². The van der Waals surface area contributed by atoms with E-state index in [-0.39, 0.29) is 11.9 Å². The molecule has 0 unspecified atom stereocenters. The van der Waals surface area contributed by atoms with Gasteiger partial charge < -0.3 is 5.32 Å². The van der Waals surface area contributed by atoms with E-state index in [1.54, 1.807) is 19.3 Å². The van der Waals surface area contributed by atoms with Gasteiger partial charge in [-0.2, -0.15) is 0 Å². The summed E-state index contributed by atoms with van der Waals surface area (Å²) in [6, 6.07) is 3.53. The van der Waals surface area contributed by atoms with Crippen LogP contribution < -0.4 is 10.6 Å². The van der Waals surface area contributed by atoms with Gasteiger partial charge in [0, 0.05) is 29.1 Å². The van der Waals surface area contributed by atoms with E-state index in [1.165, 1.54) is 0 Å². The third kappa shape index (κ3) is 3.30. The van der Waals surface area contributed by atoms with Crippen LogP contribution in [0.2, 0.25) is 0 Å². The minimum absolute atomic E-state index is 0.287. The number of hydrogen-bond acceptors (Lipinski definition) is 5. The number of rotatable bonds is 3. The number of halogens is 1. The molecule has 7 heteroatoms. The Labute approximate surface area is 125 Å². The van der Waals surface area contributed by atoms with Crippen LogP contribution >= 0.6 is 15.9 Å². The lowest BCUT2D eigenvalue weighted by Gasteiger charge is -2.09. The highest BCUT2D eigenvalue weighted by Crippen LogP contribution is 2.18. The highest BCUT2D eigenvalue weighted by Gasteiger charge is 2.14. The van der Waals surface area contributed by atoms with E-state index in [2.05, 4.69) is 41.5 Å². The van der Waals surface area contributed by atoms with E-state index < -0.39 is 0 Å². The first-order valence-corrected chi connectivity index (χ1v) is 6.76. The molecule has 0 radical (unpaired) electrons. The Morgan fingerprint density at radius 2 is 1.85 bits per heavy atom. The van der Waals surface area contributed by atoms with Gasteiger partial charge in [-0.15, -0.1) is 0 Å². The summed E-state index contributed by atoms with van der Waals surface area (Å²) in [4.78, 5) is 24.8. The molecule has 0 aliphatic rings. The lowest BCUT2D eigenvalue weighted by atomic mass is 10.2. The van der Waals surface area contributed by atoms with E-state index in [0.29, 0.717) is 11.4 Å². The van der Waals surface area contributed by atoms with Crippen LogP contribution in [0.25, 0.3) is 0 Å². The largest absolute Gasteiger partial charge is 0.372 e. The molecule has 0 saturated carbocycles. The lowest BCUT2D eigenvalue weighted by Crippen LogP contribution is -2.17. The van der Waals surface area contributed by atoms with Crippen LogP contribution in [0.5, 0.6) is 0 Å². The summed E-state index contributed by atoms with van der Waals surface area (Å²) in [5, 5.41) is 5.56. The van der Waals surface area contributed by atoms with Gasteiger partial charge in [-0.3, -0.25) is 10.1 Å². The first kappa shape index (κ1) is 14.4. The van der Waals surface area contributed by atoms with Crippen molar-refractivity contribution in [2.45, 2.75) is 13.8 Å². The minimum Gasteiger partial charge on any atom is -0.372 e. The van der Waals surface area contributed by atoms with Crippen LogP contribution in [0.1, 0.15) is 21.7 Å². The number of nitrogens with one attached hydrogen (secondary N) is 2. The van der Waals surface area contributed by atoms with Gasteiger partial charge >= 0.3 is 0 Å². The molecule has 2 N–H and O–H groups in total. The van der Waals surface area contributed by atoms with Crippen LogP contribution in [0.3, 0.4) is 0 Å². The third-order valence-corrected chi connectivity index (χ3v) is 2.98. The molecule has 0 aliphatic carbocycles. The van der Waals surface area contributed by atoms with E-state index in [0.717, 1.165) is 15.9 Å². The van der Waals surface area contributed by atoms with Gasteiger partial charge in [0.15, 0.2) is 0 Å². The maximum Gasteiger partial charge on any atom is 0.261 e. The van der Waals surface area contributed by atoms with Crippen LogP contribution in [-0.4, -0.2) is 27.9 Å². The van der Waals surface area contributed by atoms with E-state index in [9.17, 15) is 4.79 Å². The summed E-state index contributed by atoms with van der Waals surface area (Å²) in [5.74, 6) is 0.470. The van der Waals surface area contributed by atoms with Gasteiger partial charge in [0.1, 0.15) is 5.82 Å². The molecule has 0 bridgehead atoms. The Bertz CT molecular complexity index is 639. The number of carbonyl (C=O) groups is 1. The van der Waals surface area contributed by atoms with E-state index in [1.807, 2.05) is 19.9 Å². The minimum atomic E-state index is -0.312. The molecule has 104 valence electrons. The number of amides is 1. The summed E-state index contributed by atoms with van der Waals surface area (Å²) in [6.45, 7) is 3.70. The van der Waals surface area contributed by atoms with Crippen LogP contribution in [0.4, 0.5) is 11.8 Å². The van der Waals surface area contributed by atoms with Gasteiger partial charge in [0.05, 0.1) is 5.56 Å². The highest BCUT2D eigenvalue weighted by atomic mass is 79.9. The zero-order valence-electron chi connectivity index (χ0n) is 11.4. The van der Waals surface area contributed by atoms with Crippen molar-refractivity contribution in [3.05, 3.63) is 39.8 Å². The SMILES string of the molecule is CNc1ncc(Br)cc1C(=O)Nc1nc(C)cc(C)n1. The molecule has 0 spiro atoms. The second-order valence-electron chi connectivity index (χ2n) is 4.23. The number of carbonyl (C=O) groups excluding carboxylic acids is 1. The molecule has 20 heavy (non-hydrogen) atoms. The molecule has 0 fully saturated rings.